The van der Waals surface area contributed by atoms with Crippen molar-refractivity contribution >= 4 is 37.0 Å². The normalized spacial score (nSPS) is 12.1. The van der Waals surface area contributed by atoms with E-state index in [0.29, 0.717) is 15.6 Å². The molecule has 2 aromatic heterocycles. The summed E-state index contributed by atoms with van der Waals surface area (Å²) in [6, 6.07) is 3.30. The Balaban J connectivity index is 2.83. The summed E-state index contributed by atoms with van der Waals surface area (Å²) in [7, 11) is -3.69. The van der Waals surface area contributed by atoms with E-state index in [1.54, 1.807) is 12.1 Å². The second-order valence-corrected chi connectivity index (χ2v) is 5.07. The number of nitrogens with two attached hydrogens (primary N) is 1. The average molecular weight is 276 g/mol. The van der Waals surface area contributed by atoms with Crippen molar-refractivity contribution in [3.63, 3.8) is 0 Å². The molecule has 2 heterocycles. The summed E-state index contributed by atoms with van der Waals surface area (Å²) in [6.45, 7) is 0. The number of nitrogens with one attached hydrogen (secondary N) is 1. The Labute approximate surface area is 88.5 Å². The lowest BCUT2D eigenvalue weighted by Gasteiger charge is -1.94. The van der Waals surface area contributed by atoms with Crippen LogP contribution in [0.5, 0.6) is 0 Å². The Bertz CT molecular complexity index is 590. The van der Waals surface area contributed by atoms with Gasteiger partial charge in [0.1, 0.15) is 15.1 Å². The number of fused-ring (bicyclic) bond motifs is 1. The number of aromatic nitrogens is 2. The van der Waals surface area contributed by atoms with Crippen molar-refractivity contribution in [1.29, 1.82) is 0 Å². The number of aromatic amines is 1. The molecule has 3 N–H and O–H groups in total. The van der Waals surface area contributed by atoms with Gasteiger partial charge in [-0.1, -0.05) is 0 Å². The van der Waals surface area contributed by atoms with Crippen molar-refractivity contribution in [3.8, 4) is 0 Å². The van der Waals surface area contributed by atoms with Crippen molar-refractivity contribution in [3.05, 3.63) is 22.9 Å². The maximum Gasteiger partial charge on any atom is 0.240 e. The highest BCUT2D eigenvalue weighted by atomic mass is 79.9. The molecule has 0 aliphatic carbocycles. The predicted octanol–water partition coefficient (Wildman–Crippen LogP) is 0.973. The van der Waals surface area contributed by atoms with E-state index in [4.69, 9.17) is 5.14 Å². The van der Waals surface area contributed by atoms with Crippen LogP contribution in [0.1, 0.15) is 0 Å². The van der Waals surface area contributed by atoms with Crippen LogP contribution in [0.25, 0.3) is 11.0 Å². The minimum atomic E-state index is -3.69. The minimum absolute atomic E-state index is 0.0625. The molecule has 0 aromatic carbocycles. The third-order valence-corrected chi connectivity index (χ3v) is 3.17. The SMILES string of the molecule is NS(=O)(=O)c1c[nH]c2nc(Br)ccc12. The van der Waals surface area contributed by atoms with Crippen LogP contribution >= 0.6 is 15.9 Å². The molecule has 2 rings (SSSR count). The fraction of sp³-hybridized carbons (Fsp3) is 0. The third kappa shape index (κ3) is 1.54. The molecular weight excluding hydrogens is 270 g/mol. The van der Waals surface area contributed by atoms with Crippen molar-refractivity contribution < 1.29 is 8.42 Å². The molecule has 0 saturated heterocycles. The minimum Gasteiger partial charge on any atom is -0.345 e. The van der Waals surface area contributed by atoms with E-state index in [1.807, 2.05) is 0 Å². The first kappa shape index (κ1) is 9.63. The fourth-order valence-corrected chi connectivity index (χ4v) is 2.20. The molecule has 0 amide bonds. The number of sulfonamides is 1. The summed E-state index contributed by atoms with van der Waals surface area (Å²) in [6.07, 6.45) is 1.33. The summed E-state index contributed by atoms with van der Waals surface area (Å²) in [5.74, 6) is 0. The number of nitrogens with zero attached hydrogens (tertiary/aromatic N) is 1. The Morgan fingerprint density at radius 3 is 2.79 bits per heavy atom. The van der Waals surface area contributed by atoms with Crippen molar-refractivity contribution in [2.45, 2.75) is 4.90 Å². The Hall–Kier alpha value is -0.920. The van der Waals surface area contributed by atoms with Gasteiger partial charge in [0.15, 0.2) is 0 Å². The lowest BCUT2D eigenvalue weighted by Crippen LogP contribution is -2.11. The smallest absolute Gasteiger partial charge is 0.240 e. The molecular formula is C7H6BrN3O2S. The molecule has 0 bridgehead atoms. The van der Waals surface area contributed by atoms with Gasteiger partial charge in [0.2, 0.25) is 10.0 Å². The number of hydrogen-bond donors (Lipinski definition) is 2. The van der Waals surface area contributed by atoms with Crippen LogP contribution in [-0.4, -0.2) is 18.4 Å². The van der Waals surface area contributed by atoms with E-state index < -0.39 is 10.0 Å². The molecule has 14 heavy (non-hydrogen) atoms. The van der Waals surface area contributed by atoms with Crippen LogP contribution in [0.2, 0.25) is 0 Å². The van der Waals surface area contributed by atoms with Crippen LogP contribution in [0.3, 0.4) is 0 Å². The number of rotatable bonds is 1. The zero-order valence-corrected chi connectivity index (χ0v) is 9.26. The Morgan fingerprint density at radius 1 is 1.43 bits per heavy atom. The first-order valence-electron chi connectivity index (χ1n) is 3.65. The predicted molar refractivity (Wildman–Crippen MR) is 55.2 cm³/mol. The molecule has 0 atom stereocenters. The second-order valence-electron chi connectivity index (χ2n) is 2.73. The molecule has 0 aliphatic heterocycles. The highest BCUT2D eigenvalue weighted by molar-refractivity contribution is 9.10. The van der Waals surface area contributed by atoms with E-state index in [2.05, 4.69) is 25.9 Å². The number of primary sulfonamides is 1. The average Bonchev–Trinajstić information content (AvgIpc) is 2.45. The van der Waals surface area contributed by atoms with E-state index in [9.17, 15) is 8.42 Å². The largest absolute Gasteiger partial charge is 0.345 e. The van der Waals surface area contributed by atoms with Gasteiger partial charge in [-0.2, -0.15) is 0 Å². The van der Waals surface area contributed by atoms with E-state index >= 15 is 0 Å². The van der Waals surface area contributed by atoms with Crippen molar-refractivity contribution in [2.24, 2.45) is 5.14 Å². The van der Waals surface area contributed by atoms with Crippen LogP contribution < -0.4 is 5.14 Å². The molecule has 0 spiro atoms. The summed E-state index contributed by atoms with van der Waals surface area (Å²) < 4.78 is 22.9. The topological polar surface area (TPSA) is 88.8 Å². The van der Waals surface area contributed by atoms with E-state index in [1.165, 1.54) is 6.20 Å². The molecule has 7 heteroatoms. The van der Waals surface area contributed by atoms with Crippen LogP contribution in [0, 0.1) is 0 Å². The molecule has 0 saturated carbocycles. The van der Waals surface area contributed by atoms with Gasteiger partial charge < -0.3 is 4.98 Å². The number of halogens is 1. The number of hydrogen-bond acceptors (Lipinski definition) is 3. The summed E-state index contributed by atoms with van der Waals surface area (Å²) in [5.41, 5.74) is 0.489. The molecule has 5 nitrogen and oxygen atoms in total. The number of H-pyrrole nitrogens is 1. The Kier molecular flexibility index (Phi) is 2.09. The highest BCUT2D eigenvalue weighted by Crippen LogP contribution is 2.21. The molecule has 0 radical (unpaired) electrons. The quantitative estimate of drug-likeness (QED) is 0.761. The van der Waals surface area contributed by atoms with Gasteiger partial charge in [-0.3, -0.25) is 0 Å². The lowest BCUT2D eigenvalue weighted by molar-refractivity contribution is 0.598. The molecule has 74 valence electrons. The lowest BCUT2D eigenvalue weighted by atomic mass is 10.3. The molecule has 0 aliphatic rings. The second kappa shape index (κ2) is 3.04. The Morgan fingerprint density at radius 2 is 2.14 bits per heavy atom. The van der Waals surface area contributed by atoms with Gasteiger partial charge in [-0.05, 0) is 28.1 Å². The first-order chi connectivity index (χ1) is 6.48. The molecule has 2 aromatic rings. The zero-order chi connectivity index (χ0) is 10.3. The number of pyridine rings is 1. The summed E-state index contributed by atoms with van der Waals surface area (Å²) in [4.78, 5) is 6.85. The first-order valence-corrected chi connectivity index (χ1v) is 5.99. The van der Waals surface area contributed by atoms with Gasteiger partial charge in [-0.25, -0.2) is 18.5 Å². The van der Waals surface area contributed by atoms with Crippen molar-refractivity contribution in [1.82, 2.24) is 9.97 Å². The standard InChI is InChI=1S/C7H6BrN3O2S/c8-6-2-1-4-5(14(9,12)13)3-10-7(4)11-6/h1-3H,(H,10,11)(H2,9,12,13). The van der Waals surface area contributed by atoms with E-state index in [-0.39, 0.29) is 4.90 Å². The van der Waals surface area contributed by atoms with Crippen LogP contribution in [-0.2, 0) is 10.0 Å². The van der Waals surface area contributed by atoms with Crippen LogP contribution in [0.15, 0.2) is 27.8 Å². The van der Waals surface area contributed by atoms with Gasteiger partial charge >= 0.3 is 0 Å². The monoisotopic (exact) mass is 275 g/mol. The van der Waals surface area contributed by atoms with Crippen LogP contribution in [0.4, 0.5) is 0 Å². The van der Waals surface area contributed by atoms with Gasteiger partial charge in [0.25, 0.3) is 0 Å². The maximum absolute atomic E-state index is 11.1. The molecule has 0 fully saturated rings. The van der Waals surface area contributed by atoms with E-state index in [0.717, 1.165) is 0 Å². The summed E-state index contributed by atoms with van der Waals surface area (Å²) in [5, 5.41) is 5.51. The van der Waals surface area contributed by atoms with Gasteiger partial charge in [0, 0.05) is 11.6 Å². The summed E-state index contributed by atoms with van der Waals surface area (Å²) >= 11 is 3.18. The van der Waals surface area contributed by atoms with Crippen molar-refractivity contribution in [2.75, 3.05) is 0 Å². The molecule has 0 unspecified atom stereocenters. The highest BCUT2D eigenvalue weighted by Gasteiger charge is 2.14. The maximum atomic E-state index is 11.1. The fourth-order valence-electron chi connectivity index (χ4n) is 1.19. The zero-order valence-electron chi connectivity index (χ0n) is 6.86. The van der Waals surface area contributed by atoms with Gasteiger partial charge in [0.05, 0.1) is 0 Å². The van der Waals surface area contributed by atoms with Gasteiger partial charge in [-0.15, -0.1) is 0 Å². The third-order valence-electron chi connectivity index (χ3n) is 1.77.